The second-order valence-electron chi connectivity index (χ2n) is 6.09. The van der Waals surface area contributed by atoms with Gasteiger partial charge in [-0.2, -0.15) is 0 Å². The minimum absolute atomic E-state index is 0. The Kier molecular flexibility index (Phi) is 19.3. The van der Waals surface area contributed by atoms with Gasteiger partial charge in [-0.15, -0.1) is 0 Å². The number of rotatable bonds is 6. The number of hydrogen-bond donors (Lipinski definition) is 0. The van der Waals surface area contributed by atoms with Gasteiger partial charge in [-0.3, -0.25) is 0 Å². The highest BCUT2D eigenvalue weighted by Gasteiger charge is 2.22. The van der Waals surface area contributed by atoms with Crippen LogP contribution in [0.5, 0.6) is 0 Å². The molecule has 166 valence electrons. The van der Waals surface area contributed by atoms with Crippen molar-refractivity contribution < 1.29 is 34.6 Å². The summed E-state index contributed by atoms with van der Waals surface area (Å²) in [5.74, 6) is 3.45. The number of nitrogens with zero attached hydrogens (tertiary/aromatic N) is 1. The molecule has 0 aliphatic rings. The Hall–Kier alpha value is 0.320. The van der Waals surface area contributed by atoms with Crippen LogP contribution >= 0.6 is 67.8 Å². The highest BCUT2D eigenvalue weighted by Crippen LogP contribution is 2.24. The van der Waals surface area contributed by atoms with E-state index in [1.807, 2.05) is 0 Å². The third-order valence-corrected chi connectivity index (χ3v) is 5.64. The Morgan fingerprint density at radius 1 is 0.667 bits per heavy atom. The molecule has 0 unspecified atom stereocenters. The monoisotopic (exact) mass is 819 g/mol. The first-order valence-electron chi connectivity index (χ1n) is 9.23. The van der Waals surface area contributed by atoms with Crippen molar-refractivity contribution in [2.45, 2.75) is 40.5 Å². The van der Waals surface area contributed by atoms with Crippen LogP contribution in [0.3, 0.4) is 0 Å². The molecule has 0 bridgehead atoms. The first kappa shape index (κ1) is 32.5. The second kappa shape index (κ2) is 17.8. The van der Waals surface area contributed by atoms with Crippen LogP contribution in [0.1, 0.15) is 57.2 Å². The largest absolute Gasteiger partial charge is 1.00 e. The van der Waals surface area contributed by atoms with E-state index in [1.165, 1.54) is 43.5 Å². The van der Waals surface area contributed by atoms with Crippen molar-refractivity contribution in [2.24, 2.45) is 0 Å². The maximum atomic E-state index is 13.8. The van der Waals surface area contributed by atoms with Crippen molar-refractivity contribution in [3.8, 4) is 29.5 Å². The summed E-state index contributed by atoms with van der Waals surface area (Å²) in [4.78, 5) is 0. The lowest BCUT2D eigenvalue weighted by atomic mass is 10.0. The van der Waals surface area contributed by atoms with E-state index in [0.717, 1.165) is 0 Å². The number of unbranched alkanes of at least 4 members (excludes halogenated alkanes) is 1. The predicted octanol–water partition coefficient (Wildman–Crippen LogP) is 4.00. The number of halogens is 7. The van der Waals surface area contributed by atoms with Gasteiger partial charge in [-0.1, -0.05) is 13.3 Å². The Balaban J connectivity index is 0. The first-order chi connectivity index (χ1) is 13.8. The van der Waals surface area contributed by atoms with Gasteiger partial charge in [0.05, 0.1) is 42.9 Å². The van der Waals surface area contributed by atoms with Crippen molar-refractivity contribution in [1.29, 1.82) is 0 Å². The third-order valence-electron chi connectivity index (χ3n) is 4.83. The van der Waals surface area contributed by atoms with Gasteiger partial charge >= 0.3 is 0 Å². The highest BCUT2D eigenvalue weighted by atomic mass is 127. The van der Waals surface area contributed by atoms with Crippen LogP contribution in [0.2, 0.25) is 0 Å². The standard InChI is InChI=1S/C12F3I3.C10H24N.BrH/c13-10-7(1-4-16)11(14)9(3-6-18)12(15)8(10)2-5-17;1-5-9-10-11(6-2,7-3)8-4;/h;5-10H2,1-4H3;1H/q;+1;/p-1. The van der Waals surface area contributed by atoms with E-state index in [4.69, 9.17) is 0 Å². The molecule has 8 heteroatoms. The number of benzene rings is 1. The molecule has 0 aliphatic carbocycles. The first-order valence-corrected chi connectivity index (χ1v) is 12.5. The molecule has 1 nitrogen and oxygen atoms in total. The van der Waals surface area contributed by atoms with Crippen LogP contribution in [0.25, 0.3) is 0 Å². The van der Waals surface area contributed by atoms with Crippen molar-refractivity contribution in [3.63, 3.8) is 0 Å². The summed E-state index contributed by atoms with van der Waals surface area (Å²) in [5, 5.41) is 0. The van der Waals surface area contributed by atoms with Crippen molar-refractivity contribution >= 4 is 67.8 Å². The Labute approximate surface area is 230 Å². The van der Waals surface area contributed by atoms with Crippen molar-refractivity contribution in [2.75, 3.05) is 26.2 Å². The Bertz CT molecular complexity index is 743. The average Bonchev–Trinajstić information content (AvgIpc) is 2.74. The van der Waals surface area contributed by atoms with Crippen LogP contribution in [0, 0.1) is 47.0 Å². The van der Waals surface area contributed by atoms with Crippen molar-refractivity contribution in [3.05, 3.63) is 34.1 Å². The van der Waals surface area contributed by atoms with Gasteiger partial charge in [0.1, 0.15) is 0 Å². The summed E-state index contributed by atoms with van der Waals surface area (Å²) in [7, 11) is 0. The molecule has 1 rings (SSSR count). The molecule has 0 fully saturated rings. The maximum absolute atomic E-state index is 13.8. The van der Waals surface area contributed by atoms with Crippen LogP contribution in [-0.4, -0.2) is 30.7 Å². The van der Waals surface area contributed by atoms with Crippen LogP contribution in [-0.2, 0) is 0 Å². The summed E-state index contributed by atoms with van der Waals surface area (Å²) in [6, 6.07) is 0. The molecule has 0 spiro atoms. The van der Waals surface area contributed by atoms with Gasteiger partial charge in [-0.05, 0) is 56.7 Å². The zero-order valence-electron chi connectivity index (χ0n) is 17.3. The van der Waals surface area contributed by atoms with E-state index < -0.39 is 34.1 Å². The lowest BCUT2D eigenvalue weighted by molar-refractivity contribution is -0.923. The van der Waals surface area contributed by atoms with E-state index >= 15 is 0 Å². The van der Waals surface area contributed by atoms with Crippen LogP contribution < -0.4 is 17.0 Å². The predicted molar refractivity (Wildman–Crippen MR) is 141 cm³/mol. The molecule has 1 aromatic rings. The molecule has 0 aliphatic heterocycles. The topological polar surface area (TPSA) is 0 Å². The fourth-order valence-corrected chi connectivity index (χ4v) is 3.58. The van der Waals surface area contributed by atoms with Gasteiger partial charge in [-0.25, -0.2) is 13.2 Å². The maximum Gasteiger partial charge on any atom is 0.160 e. The molecule has 0 amide bonds. The van der Waals surface area contributed by atoms with Crippen LogP contribution in [0.4, 0.5) is 13.2 Å². The molecule has 0 atom stereocenters. The minimum atomic E-state index is -1.10. The molecule has 0 radical (unpaired) electrons. The normalized spacial score (nSPS) is 9.40. The van der Waals surface area contributed by atoms with Gasteiger partial charge in [0.15, 0.2) is 17.5 Å². The van der Waals surface area contributed by atoms with Crippen LogP contribution in [0.15, 0.2) is 0 Å². The molecular weight excluding hydrogens is 796 g/mol. The van der Waals surface area contributed by atoms with E-state index in [1.54, 1.807) is 67.8 Å². The molecule has 1 aromatic carbocycles. The van der Waals surface area contributed by atoms with Gasteiger partial charge in [0, 0.05) is 67.8 Å². The van der Waals surface area contributed by atoms with Crippen molar-refractivity contribution in [1.82, 2.24) is 0 Å². The fourth-order valence-electron chi connectivity index (χ4n) is 2.77. The Morgan fingerprint density at radius 2 is 0.967 bits per heavy atom. The highest BCUT2D eigenvalue weighted by molar-refractivity contribution is 14.1. The lowest BCUT2D eigenvalue weighted by Gasteiger charge is -2.35. The summed E-state index contributed by atoms with van der Waals surface area (Å²) >= 11 is 4.91. The lowest BCUT2D eigenvalue weighted by Crippen LogP contribution is -3.00. The molecule has 0 N–H and O–H groups in total. The summed E-state index contributed by atoms with van der Waals surface area (Å²) in [6.45, 7) is 14.5. The smallest absolute Gasteiger partial charge is 0.160 e. The average molecular weight is 820 g/mol. The minimum Gasteiger partial charge on any atom is -1.00 e. The third kappa shape index (κ3) is 9.44. The van der Waals surface area contributed by atoms with E-state index in [0.29, 0.717) is 0 Å². The zero-order chi connectivity index (χ0) is 22.4. The molecule has 0 saturated heterocycles. The molecule has 30 heavy (non-hydrogen) atoms. The SMILES string of the molecule is CCCC[N+](CC)(CC)CC.Fc1c(C#CI)c(F)c(C#CI)c(F)c1C#CI.[Br-]. The van der Waals surface area contributed by atoms with E-state index in [9.17, 15) is 13.2 Å². The number of hydrogen-bond acceptors (Lipinski definition) is 0. The second-order valence-corrected chi connectivity index (χ2v) is 7.71. The molecular formula is C22H24BrF3I3N. The van der Waals surface area contributed by atoms with E-state index in [-0.39, 0.29) is 17.0 Å². The summed E-state index contributed by atoms with van der Waals surface area (Å²) in [5.41, 5.74) is -1.56. The van der Waals surface area contributed by atoms with E-state index in [2.05, 4.69) is 57.2 Å². The quantitative estimate of drug-likeness (QED) is 0.232. The number of quaternary nitrogens is 1. The summed E-state index contributed by atoms with van der Waals surface area (Å²) < 4.78 is 49.9. The van der Waals surface area contributed by atoms with Gasteiger partial charge in [0.25, 0.3) is 0 Å². The molecule has 0 aromatic heterocycles. The zero-order valence-corrected chi connectivity index (χ0v) is 25.4. The fraction of sp³-hybridized carbons (Fsp3) is 0.455. The van der Waals surface area contributed by atoms with Gasteiger partial charge < -0.3 is 21.5 Å². The molecule has 0 heterocycles. The molecule has 0 saturated carbocycles. The Morgan fingerprint density at radius 3 is 1.17 bits per heavy atom. The van der Waals surface area contributed by atoms with Gasteiger partial charge in [0.2, 0.25) is 0 Å². The summed E-state index contributed by atoms with van der Waals surface area (Å²) in [6.07, 6.45) is 2.72.